The topological polar surface area (TPSA) is 137 Å². The van der Waals surface area contributed by atoms with Crippen LogP contribution in [0.2, 0.25) is 0 Å². The van der Waals surface area contributed by atoms with Crippen molar-refractivity contribution < 1.29 is 17.9 Å². The minimum absolute atomic E-state index is 0.0483. The van der Waals surface area contributed by atoms with Gasteiger partial charge in [0, 0.05) is 18.7 Å². The van der Waals surface area contributed by atoms with Gasteiger partial charge in [0.15, 0.2) is 17.6 Å². The van der Waals surface area contributed by atoms with Gasteiger partial charge < -0.3 is 20.2 Å². The highest BCUT2D eigenvalue weighted by molar-refractivity contribution is 8.15. The van der Waals surface area contributed by atoms with Crippen LogP contribution in [0.1, 0.15) is 18.4 Å². The van der Waals surface area contributed by atoms with Gasteiger partial charge in [-0.3, -0.25) is 4.99 Å². The van der Waals surface area contributed by atoms with Gasteiger partial charge >= 0.3 is 0 Å². The average Bonchev–Trinajstić information content (AvgIpc) is 3.38. The van der Waals surface area contributed by atoms with Gasteiger partial charge in [-0.2, -0.15) is 4.39 Å². The number of alkyl halides is 1. The number of anilines is 2. The van der Waals surface area contributed by atoms with E-state index in [1.54, 1.807) is 19.1 Å². The van der Waals surface area contributed by atoms with Crippen molar-refractivity contribution in [2.75, 3.05) is 19.0 Å². The van der Waals surface area contributed by atoms with Gasteiger partial charge in [0.05, 0.1) is 34.5 Å². The van der Waals surface area contributed by atoms with E-state index in [0.717, 1.165) is 11.8 Å². The Bertz CT molecular complexity index is 1340. The lowest BCUT2D eigenvalue weighted by Gasteiger charge is -2.25. The zero-order valence-corrected chi connectivity index (χ0v) is 19.7. The first-order valence-corrected chi connectivity index (χ1v) is 11.2. The van der Waals surface area contributed by atoms with Gasteiger partial charge in [0.25, 0.3) is 0 Å². The Kier molecular flexibility index (Phi) is 7.34. The maximum atomic E-state index is 14.5. The molecule has 3 N–H and O–H groups in total. The molecule has 0 bridgehead atoms. The molecule has 0 aliphatic heterocycles. The highest BCUT2D eigenvalue weighted by Gasteiger charge is 2.29. The van der Waals surface area contributed by atoms with Gasteiger partial charge in [-0.1, -0.05) is 11.8 Å². The van der Waals surface area contributed by atoms with Crippen LogP contribution < -0.4 is 15.8 Å². The van der Waals surface area contributed by atoms with E-state index in [4.69, 9.17) is 14.9 Å². The molecule has 0 saturated carbocycles. The summed E-state index contributed by atoms with van der Waals surface area (Å²) in [6.07, 6.45) is 7.26. The zero-order chi connectivity index (χ0) is 24.8. The molecule has 0 aromatic carbocycles. The molecule has 0 aliphatic rings. The lowest BCUT2D eigenvalue weighted by molar-refractivity contribution is 0.262. The zero-order valence-electron chi connectivity index (χ0n) is 18.9. The number of rotatable bonds is 9. The van der Waals surface area contributed by atoms with E-state index in [1.165, 1.54) is 38.2 Å². The third-order valence-electron chi connectivity index (χ3n) is 4.89. The van der Waals surface area contributed by atoms with Gasteiger partial charge in [0.1, 0.15) is 30.5 Å². The number of amidine groups is 1. The molecule has 0 amide bonds. The average molecular weight is 501 g/mol. The van der Waals surface area contributed by atoms with Crippen LogP contribution in [-0.4, -0.2) is 48.6 Å². The monoisotopic (exact) mass is 500 g/mol. The van der Waals surface area contributed by atoms with E-state index >= 15 is 0 Å². The quantitative estimate of drug-likeness (QED) is 0.198. The summed E-state index contributed by atoms with van der Waals surface area (Å²) in [5.74, 6) is 0.602. The minimum Gasteiger partial charge on any atom is -0.482 e. The molecule has 35 heavy (non-hydrogen) atoms. The number of aliphatic imine (C=N–C) groups is 1. The summed E-state index contributed by atoms with van der Waals surface area (Å²) in [6, 6.07) is 3.26. The largest absolute Gasteiger partial charge is 0.482 e. The Morgan fingerprint density at radius 3 is 2.83 bits per heavy atom. The van der Waals surface area contributed by atoms with Gasteiger partial charge in [-0.05, 0) is 19.4 Å². The highest BCUT2D eigenvalue weighted by atomic mass is 32.2. The number of aromatic nitrogens is 5. The molecule has 0 saturated heterocycles. The summed E-state index contributed by atoms with van der Waals surface area (Å²) in [7, 11) is 1.51. The number of fused-ring (bicyclic) bond motifs is 1. The molecule has 4 rings (SSSR count). The van der Waals surface area contributed by atoms with Crippen LogP contribution in [0.15, 0.2) is 52.7 Å². The smallest absolute Gasteiger partial charge is 0.232 e. The number of ether oxygens (including phenoxy) is 1. The number of hydrogen-bond acceptors (Lipinski definition) is 10. The van der Waals surface area contributed by atoms with Crippen molar-refractivity contribution >= 4 is 39.5 Å². The number of nitrogens with zero attached hydrogens (tertiary/aromatic N) is 6. The fourth-order valence-electron chi connectivity index (χ4n) is 3.20. The maximum Gasteiger partial charge on any atom is 0.232 e. The second kappa shape index (κ2) is 10.6. The number of hydrogen-bond donors (Lipinski definition) is 2. The fraction of sp³-hybridized carbons (Fsp3) is 0.273. The van der Waals surface area contributed by atoms with Crippen molar-refractivity contribution in [3.05, 3.63) is 60.7 Å². The summed E-state index contributed by atoms with van der Waals surface area (Å²) in [6.45, 7) is 1.07. The van der Waals surface area contributed by atoms with Gasteiger partial charge in [-0.15, -0.1) is 0 Å². The molecule has 4 aromatic rings. The molecule has 0 aliphatic carbocycles. The predicted octanol–water partition coefficient (Wildman–Crippen LogP) is 3.82. The Labute approximate surface area is 203 Å². The Hall–Kier alpha value is -3.87. The maximum absolute atomic E-state index is 14.5. The van der Waals surface area contributed by atoms with Crippen LogP contribution in [0, 0.1) is 5.95 Å². The predicted molar refractivity (Wildman–Crippen MR) is 129 cm³/mol. The van der Waals surface area contributed by atoms with E-state index in [0.29, 0.717) is 34.2 Å². The van der Waals surface area contributed by atoms with E-state index < -0.39 is 17.4 Å². The van der Waals surface area contributed by atoms with Crippen molar-refractivity contribution in [3.8, 4) is 5.75 Å². The number of nitrogens with one attached hydrogen (secondary N) is 1. The molecule has 1 atom stereocenters. The van der Waals surface area contributed by atoms with E-state index in [2.05, 4.69) is 35.2 Å². The third-order valence-corrected chi connectivity index (χ3v) is 6.03. The number of pyridine rings is 2. The van der Waals surface area contributed by atoms with Crippen LogP contribution in [0.25, 0.3) is 11.0 Å². The second-order valence-corrected chi connectivity index (χ2v) is 9.31. The fourth-order valence-corrected chi connectivity index (χ4v) is 4.08. The van der Waals surface area contributed by atoms with Crippen LogP contribution in [0.5, 0.6) is 5.75 Å². The van der Waals surface area contributed by atoms with E-state index in [9.17, 15) is 8.78 Å². The SMILES string of the molecule is CN=C(N)S[C@@](C)(CF)Cc1cc(Nc2ncnc3cc(OCc4ncco4)cnc23)cnc1F. The minimum atomic E-state index is -1.00. The Morgan fingerprint density at radius 2 is 2.09 bits per heavy atom. The summed E-state index contributed by atoms with van der Waals surface area (Å²) < 4.78 is 38.1. The highest BCUT2D eigenvalue weighted by Crippen LogP contribution is 2.32. The molecule has 13 heteroatoms. The van der Waals surface area contributed by atoms with Crippen LogP contribution in [0.3, 0.4) is 0 Å². The summed E-state index contributed by atoms with van der Waals surface area (Å²) in [4.78, 5) is 24.5. The number of halogens is 2. The Morgan fingerprint density at radius 1 is 1.23 bits per heavy atom. The van der Waals surface area contributed by atoms with Crippen LogP contribution in [0.4, 0.5) is 20.3 Å². The molecular formula is C22H22F2N8O2S. The number of nitrogens with two attached hydrogens (primary N) is 1. The van der Waals surface area contributed by atoms with E-state index in [-0.39, 0.29) is 23.8 Å². The number of oxazole rings is 1. The van der Waals surface area contributed by atoms with Gasteiger partial charge in [0.2, 0.25) is 11.8 Å². The van der Waals surface area contributed by atoms with Crippen molar-refractivity contribution in [2.24, 2.45) is 10.7 Å². The molecule has 10 nitrogen and oxygen atoms in total. The van der Waals surface area contributed by atoms with Crippen molar-refractivity contribution in [1.82, 2.24) is 24.9 Å². The van der Waals surface area contributed by atoms with E-state index in [1.807, 2.05) is 0 Å². The molecule has 0 fully saturated rings. The van der Waals surface area contributed by atoms with Gasteiger partial charge in [-0.25, -0.2) is 29.3 Å². The van der Waals surface area contributed by atoms with Crippen molar-refractivity contribution in [1.29, 1.82) is 0 Å². The second-order valence-electron chi connectivity index (χ2n) is 7.70. The lowest BCUT2D eigenvalue weighted by Crippen LogP contribution is -2.30. The summed E-state index contributed by atoms with van der Waals surface area (Å²) in [5, 5.41) is 3.30. The molecule has 4 aromatic heterocycles. The molecular weight excluding hydrogens is 478 g/mol. The van der Waals surface area contributed by atoms with Crippen molar-refractivity contribution in [3.63, 3.8) is 0 Å². The Balaban J connectivity index is 1.54. The first-order chi connectivity index (χ1) is 16.9. The first-order valence-electron chi connectivity index (χ1n) is 10.4. The molecule has 182 valence electrons. The molecule has 0 radical (unpaired) electrons. The molecule has 4 heterocycles. The number of thioether (sulfide) groups is 1. The summed E-state index contributed by atoms with van der Waals surface area (Å²) >= 11 is 1.05. The molecule has 0 unspecified atom stereocenters. The lowest BCUT2D eigenvalue weighted by atomic mass is 10.0. The first kappa shape index (κ1) is 24.3. The summed E-state index contributed by atoms with van der Waals surface area (Å²) in [5.41, 5.74) is 7.43. The third kappa shape index (κ3) is 5.98. The standard InChI is InChI=1S/C22H22F2N8O2S/c1-22(11-23,35-21(25)26-2)7-13-5-14(8-29-19(13)24)32-20-18-16(30-12-31-20)6-15(9-28-18)34-10-17-27-3-4-33-17/h3-6,8-9,12H,7,10-11H2,1-2H3,(H2,25,26)(H,30,31,32)/t22-/m1/s1. The normalized spacial score (nSPS) is 13.5. The molecule has 0 spiro atoms. The van der Waals surface area contributed by atoms with Crippen LogP contribution >= 0.6 is 11.8 Å². The van der Waals surface area contributed by atoms with Crippen molar-refractivity contribution in [2.45, 2.75) is 24.7 Å². The van der Waals surface area contributed by atoms with Crippen LogP contribution in [-0.2, 0) is 13.0 Å².